The van der Waals surface area contributed by atoms with Gasteiger partial charge in [-0.2, -0.15) is 0 Å². The number of aliphatic hydroxyl groups is 1. The minimum atomic E-state index is -0.0953. The Kier molecular flexibility index (Phi) is 11.2. The highest BCUT2D eigenvalue weighted by atomic mass is 16.3. The van der Waals surface area contributed by atoms with Crippen molar-refractivity contribution in [2.75, 3.05) is 6.61 Å². The predicted octanol–water partition coefficient (Wildman–Crippen LogP) is 3.26. The predicted molar refractivity (Wildman–Crippen MR) is 76.5 cm³/mol. The van der Waals surface area contributed by atoms with Crippen LogP contribution in [0.3, 0.4) is 0 Å². The summed E-state index contributed by atoms with van der Waals surface area (Å²) in [6.45, 7) is 6.26. The number of hydrogen-bond donors (Lipinski definition) is 2. The molecule has 3 nitrogen and oxygen atoms in total. The molecule has 0 aliphatic rings. The molecule has 0 radical (unpaired) electrons. The van der Waals surface area contributed by atoms with Crippen LogP contribution in [-0.2, 0) is 4.79 Å². The Morgan fingerprint density at radius 3 is 2.11 bits per heavy atom. The van der Waals surface area contributed by atoms with Crippen molar-refractivity contribution in [1.82, 2.24) is 5.32 Å². The highest BCUT2D eigenvalue weighted by molar-refractivity contribution is 5.76. The number of unbranched alkanes of at least 4 members (excludes halogenated alkanes) is 6. The Morgan fingerprint density at radius 2 is 1.61 bits per heavy atom. The van der Waals surface area contributed by atoms with Crippen LogP contribution in [0, 0.1) is 5.92 Å². The van der Waals surface area contributed by atoms with Crippen molar-refractivity contribution in [3.8, 4) is 0 Å². The lowest BCUT2D eigenvalue weighted by Crippen LogP contribution is -2.41. The van der Waals surface area contributed by atoms with Crippen molar-refractivity contribution < 1.29 is 9.90 Å². The van der Waals surface area contributed by atoms with E-state index in [1.165, 1.54) is 32.1 Å². The summed E-state index contributed by atoms with van der Waals surface area (Å²) in [5.41, 5.74) is 0. The molecule has 0 rings (SSSR count). The number of hydrogen-bond acceptors (Lipinski definition) is 2. The van der Waals surface area contributed by atoms with Crippen LogP contribution < -0.4 is 5.32 Å². The van der Waals surface area contributed by atoms with Gasteiger partial charge >= 0.3 is 0 Å². The van der Waals surface area contributed by atoms with E-state index in [0.29, 0.717) is 6.42 Å². The first-order valence-electron chi connectivity index (χ1n) is 7.52. The molecule has 0 aliphatic heterocycles. The molecule has 0 aromatic rings. The molecule has 108 valence electrons. The molecule has 0 spiro atoms. The van der Waals surface area contributed by atoms with Gasteiger partial charge < -0.3 is 10.4 Å². The van der Waals surface area contributed by atoms with E-state index in [4.69, 9.17) is 5.11 Å². The van der Waals surface area contributed by atoms with Crippen molar-refractivity contribution in [3.63, 3.8) is 0 Å². The molecule has 18 heavy (non-hydrogen) atoms. The van der Waals surface area contributed by atoms with Crippen molar-refractivity contribution in [2.24, 2.45) is 5.92 Å². The van der Waals surface area contributed by atoms with E-state index in [2.05, 4.69) is 12.2 Å². The zero-order valence-electron chi connectivity index (χ0n) is 12.4. The Bertz CT molecular complexity index is 205. The number of carbonyl (C=O) groups is 1. The van der Waals surface area contributed by atoms with E-state index in [1.54, 1.807) is 0 Å². The summed E-state index contributed by atoms with van der Waals surface area (Å²) in [4.78, 5) is 11.6. The first-order valence-corrected chi connectivity index (χ1v) is 7.52. The third-order valence-electron chi connectivity index (χ3n) is 3.36. The summed E-state index contributed by atoms with van der Waals surface area (Å²) in [6.07, 6.45) is 9.16. The minimum Gasteiger partial charge on any atom is -0.394 e. The maximum Gasteiger partial charge on any atom is 0.220 e. The molecule has 0 bridgehead atoms. The normalized spacial score (nSPS) is 12.7. The second-order valence-electron chi connectivity index (χ2n) is 5.47. The molecule has 0 aromatic heterocycles. The zero-order chi connectivity index (χ0) is 13.8. The SMILES string of the molecule is CCCCCCCCCC(=O)NC(CO)C(C)C. The summed E-state index contributed by atoms with van der Waals surface area (Å²) in [6, 6.07) is -0.0953. The number of amides is 1. The fourth-order valence-electron chi connectivity index (χ4n) is 1.94. The summed E-state index contributed by atoms with van der Waals surface area (Å²) in [5.74, 6) is 0.365. The largest absolute Gasteiger partial charge is 0.394 e. The van der Waals surface area contributed by atoms with Crippen LogP contribution in [0.4, 0.5) is 0 Å². The van der Waals surface area contributed by atoms with Crippen LogP contribution in [0.25, 0.3) is 0 Å². The van der Waals surface area contributed by atoms with Crippen LogP contribution in [0.5, 0.6) is 0 Å². The monoisotopic (exact) mass is 257 g/mol. The Balaban J connectivity index is 3.47. The molecule has 1 atom stereocenters. The van der Waals surface area contributed by atoms with Crippen LogP contribution in [0.2, 0.25) is 0 Å². The van der Waals surface area contributed by atoms with Crippen LogP contribution in [0.1, 0.15) is 72.1 Å². The van der Waals surface area contributed by atoms with Crippen molar-refractivity contribution >= 4 is 5.91 Å². The quantitative estimate of drug-likeness (QED) is 0.558. The maximum atomic E-state index is 11.6. The van der Waals surface area contributed by atoms with Gasteiger partial charge in [0.1, 0.15) is 0 Å². The smallest absolute Gasteiger partial charge is 0.220 e. The average Bonchev–Trinajstić information content (AvgIpc) is 2.34. The van der Waals surface area contributed by atoms with E-state index < -0.39 is 0 Å². The number of nitrogens with one attached hydrogen (secondary N) is 1. The van der Waals surface area contributed by atoms with Gasteiger partial charge in [-0.3, -0.25) is 4.79 Å². The number of carbonyl (C=O) groups excluding carboxylic acids is 1. The minimum absolute atomic E-state index is 0.0282. The second-order valence-corrected chi connectivity index (χ2v) is 5.47. The molecule has 0 aromatic carbocycles. The van der Waals surface area contributed by atoms with Crippen LogP contribution in [-0.4, -0.2) is 23.7 Å². The molecular formula is C15H31NO2. The van der Waals surface area contributed by atoms with Gasteiger partial charge in [0.25, 0.3) is 0 Å². The van der Waals surface area contributed by atoms with Crippen molar-refractivity contribution in [2.45, 2.75) is 78.2 Å². The highest BCUT2D eigenvalue weighted by Crippen LogP contribution is 2.08. The van der Waals surface area contributed by atoms with Gasteiger partial charge in [-0.05, 0) is 12.3 Å². The third kappa shape index (κ3) is 9.46. The fraction of sp³-hybridized carbons (Fsp3) is 0.933. The maximum absolute atomic E-state index is 11.6. The first kappa shape index (κ1) is 17.4. The van der Waals surface area contributed by atoms with Crippen molar-refractivity contribution in [1.29, 1.82) is 0 Å². The van der Waals surface area contributed by atoms with E-state index >= 15 is 0 Å². The average molecular weight is 257 g/mol. The molecule has 0 heterocycles. The molecule has 2 N–H and O–H groups in total. The Morgan fingerprint density at radius 1 is 1.06 bits per heavy atom. The van der Waals surface area contributed by atoms with Crippen LogP contribution >= 0.6 is 0 Å². The summed E-state index contributed by atoms with van der Waals surface area (Å²) in [5, 5.41) is 12.0. The van der Waals surface area contributed by atoms with Gasteiger partial charge in [0, 0.05) is 6.42 Å². The molecule has 0 saturated heterocycles. The standard InChI is InChI=1S/C15H31NO2/c1-4-5-6-7-8-9-10-11-15(18)16-14(12-17)13(2)3/h13-14,17H,4-12H2,1-3H3,(H,16,18). The second kappa shape index (κ2) is 11.5. The lowest BCUT2D eigenvalue weighted by molar-refractivity contribution is -0.122. The van der Waals surface area contributed by atoms with E-state index in [1.807, 2.05) is 13.8 Å². The summed E-state index contributed by atoms with van der Waals surface area (Å²) in [7, 11) is 0. The molecular weight excluding hydrogens is 226 g/mol. The molecule has 0 fully saturated rings. The Labute approximate surface area is 112 Å². The molecule has 1 amide bonds. The van der Waals surface area contributed by atoms with Gasteiger partial charge in [-0.1, -0.05) is 59.3 Å². The molecule has 0 aliphatic carbocycles. The molecule has 3 heteroatoms. The lowest BCUT2D eigenvalue weighted by Gasteiger charge is -2.19. The summed E-state index contributed by atoms with van der Waals surface area (Å²) >= 11 is 0. The highest BCUT2D eigenvalue weighted by Gasteiger charge is 2.14. The van der Waals surface area contributed by atoms with Gasteiger partial charge in [-0.15, -0.1) is 0 Å². The number of rotatable bonds is 11. The third-order valence-corrected chi connectivity index (χ3v) is 3.36. The van der Waals surface area contributed by atoms with Gasteiger partial charge in [0.05, 0.1) is 12.6 Å². The van der Waals surface area contributed by atoms with Gasteiger partial charge in [-0.25, -0.2) is 0 Å². The Hall–Kier alpha value is -0.570. The van der Waals surface area contributed by atoms with Gasteiger partial charge in [0.2, 0.25) is 5.91 Å². The topological polar surface area (TPSA) is 49.3 Å². The van der Waals surface area contributed by atoms with E-state index in [0.717, 1.165) is 12.8 Å². The van der Waals surface area contributed by atoms with Gasteiger partial charge in [0.15, 0.2) is 0 Å². The number of aliphatic hydroxyl groups excluding tert-OH is 1. The van der Waals surface area contributed by atoms with E-state index in [-0.39, 0.29) is 24.5 Å². The van der Waals surface area contributed by atoms with Crippen molar-refractivity contribution in [3.05, 3.63) is 0 Å². The summed E-state index contributed by atoms with van der Waals surface area (Å²) < 4.78 is 0. The lowest BCUT2D eigenvalue weighted by atomic mass is 10.0. The van der Waals surface area contributed by atoms with Crippen LogP contribution in [0.15, 0.2) is 0 Å². The van der Waals surface area contributed by atoms with E-state index in [9.17, 15) is 4.79 Å². The zero-order valence-corrected chi connectivity index (χ0v) is 12.4. The molecule has 1 unspecified atom stereocenters. The molecule has 0 saturated carbocycles. The fourth-order valence-corrected chi connectivity index (χ4v) is 1.94. The first-order chi connectivity index (χ1) is 8.61.